The molecule has 1 aliphatic rings. The molecule has 1 fully saturated rings. The lowest BCUT2D eigenvalue weighted by Crippen LogP contribution is -2.57. The van der Waals surface area contributed by atoms with E-state index in [2.05, 4.69) is 5.10 Å². The van der Waals surface area contributed by atoms with Crippen LogP contribution in [-0.2, 0) is 16.6 Å². The second-order valence-electron chi connectivity index (χ2n) is 3.89. The van der Waals surface area contributed by atoms with Crippen molar-refractivity contribution in [1.82, 2.24) is 14.7 Å². The first-order valence-corrected chi connectivity index (χ1v) is 6.86. The minimum atomic E-state index is -3.36. The highest BCUT2D eigenvalue weighted by atomic mass is 35.5. The summed E-state index contributed by atoms with van der Waals surface area (Å²) in [6.45, 7) is 2.47. The van der Waals surface area contributed by atoms with Crippen LogP contribution in [0.2, 0.25) is 5.02 Å². The molecule has 2 N–H and O–H groups in total. The van der Waals surface area contributed by atoms with Gasteiger partial charge in [-0.15, -0.1) is 0 Å². The van der Waals surface area contributed by atoms with Gasteiger partial charge < -0.3 is 0 Å². The molecule has 1 aromatic rings. The van der Waals surface area contributed by atoms with Gasteiger partial charge in [0.2, 0.25) is 10.0 Å². The van der Waals surface area contributed by atoms with Crippen molar-refractivity contribution in [1.29, 1.82) is 0 Å². The summed E-state index contributed by atoms with van der Waals surface area (Å²) < 4.78 is 23.6. The first-order valence-electron chi connectivity index (χ1n) is 4.87. The Morgan fingerprint density at radius 3 is 2.69 bits per heavy atom. The van der Waals surface area contributed by atoms with E-state index in [-0.39, 0.29) is 0 Å². The van der Waals surface area contributed by atoms with Crippen LogP contribution in [-0.4, -0.2) is 48.0 Å². The molecule has 0 bridgehead atoms. The molecule has 1 aromatic heterocycles. The molecule has 0 amide bonds. The van der Waals surface area contributed by atoms with Crippen LogP contribution in [0.5, 0.6) is 0 Å². The maximum absolute atomic E-state index is 11.0. The standard InChI is InChI=1S/C8H13ClN4O2S/c9-7-3-11-13(4-7)2-1-12-5-8(6-12)16(10,14)15/h3-4,8H,1-2,5-6H2,(H2,10,14,15). The molecule has 0 spiro atoms. The molecule has 1 aliphatic heterocycles. The number of sulfonamides is 1. The Bertz CT molecular complexity index is 466. The third-order valence-electron chi connectivity index (χ3n) is 2.64. The van der Waals surface area contributed by atoms with Crippen LogP contribution in [0.1, 0.15) is 0 Å². The van der Waals surface area contributed by atoms with E-state index in [1.807, 2.05) is 4.90 Å². The van der Waals surface area contributed by atoms with E-state index >= 15 is 0 Å². The van der Waals surface area contributed by atoms with E-state index in [1.165, 1.54) is 0 Å². The minimum Gasteiger partial charge on any atom is -0.299 e. The predicted molar refractivity (Wildman–Crippen MR) is 60.6 cm³/mol. The zero-order valence-electron chi connectivity index (χ0n) is 8.58. The molecule has 8 heteroatoms. The summed E-state index contributed by atoms with van der Waals surface area (Å²) in [4.78, 5) is 2.02. The van der Waals surface area contributed by atoms with Crippen molar-refractivity contribution < 1.29 is 8.42 Å². The van der Waals surface area contributed by atoms with Crippen molar-refractivity contribution in [3.8, 4) is 0 Å². The Labute approximate surface area is 99.0 Å². The number of aromatic nitrogens is 2. The summed E-state index contributed by atoms with van der Waals surface area (Å²) >= 11 is 5.71. The minimum absolute atomic E-state index is 0.409. The van der Waals surface area contributed by atoms with Crippen LogP contribution in [0.25, 0.3) is 0 Å². The van der Waals surface area contributed by atoms with Gasteiger partial charge in [0.1, 0.15) is 5.25 Å². The van der Waals surface area contributed by atoms with Crippen LogP contribution in [0, 0.1) is 0 Å². The first-order chi connectivity index (χ1) is 7.45. The van der Waals surface area contributed by atoms with Crippen molar-refractivity contribution in [2.75, 3.05) is 19.6 Å². The number of nitrogens with two attached hydrogens (primary N) is 1. The quantitative estimate of drug-likeness (QED) is 0.796. The van der Waals surface area contributed by atoms with Crippen LogP contribution >= 0.6 is 11.6 Å². The number of rotatable bonds is 4. The number of primary sulfonamides is 1. The number of nitrogens with zero attached hydrogens (tertiary/aromatic N) is 3. The lowest BCUT2D eigenvalue weighted by Gasteiger charge is -2.37. The van der Waals surface area contributed by atoms with E-state index in [0.29, 0.717) is 24.7 Å². The zero-order chi connectivity index (χ0) is 11.8. The van der Waals surface area contributed by atoms with E-state index in [0.717, 1.165) is 6.54 Å². The van der Waals surface area contributed by atoms with E-state index < -0.39 is 15.3 Å². The molecule has 0 radical (unpaired) electrons. The largest absolute Gasteiger partial charge is 0.299 e. The molecule has 0 unspecified atom stereocenters. The van der Waals surface area contributed by atoms with Crippen molar-refractivity contribution in [3.05, 3.63) is 17.4 Å². The highest BCUT2D eigenvalue weighted by Crippen LogP contribution is 2.13. The number of halogens is 1. The van der Waals surface area contributed by atoms with Gasteiger partial charge >= 0.3 is 0 Å². The van der Waals surface area contributed by atoms with E-state index in [4.69, 9.17) is 16.7 Å². The highest BCUT2D eigenvalue weighted by molar-refractivity contribution is 7.89. The Kier molecular flexibility index (Phi) is 3.20. The van der Waals surface area contributed by atoms with Gasteiger partial charge in [-0.2, -0.15) is 5.10 Å². The fraction of sp³-hybridized carbons (Fsp3) is 0.625. The zero-order valence-corrected chi connectivity index (χ0v) is 10.2. The van der Waals surface area contributed by atoms with Crippen molar-refractivity contribution in [3.63, 3.8) is 0 Å². The summed E-state index contributed by atoms with van der Waals surface area (Å²) in [5.41, 5.74) is 0. The smallest absolute Gasteiger partial charge is 0.214 e. The molecule has 0 aliphatic carbocycles. The topological polar surface area (TPSA) is 81.2 Å². The maximum atomic E-state index is 11.0. The van der Waals surface area contributed by atoms with Crippen LogP contribution in [0.3, 0.4) is 0 Å². The molecule has 0 saturated carbocycles. The van der Waals surface area contributed by atoms with Crippen LogP contribution < -0.4 is 5.14 Å². The monoisotopic (exact) mass is 264 g/mol. The lowest BCUT2D eigenvalue weighted by molar-refractivity contribution is 0.175. The summed E-state index contributed by atoms with van der Waals surface area (Å²) in [5, 5.41) is 9.25. The molecule has 2 heterocycles. The van der Waals surface area contributed by atoms with Crippen molar-refractivity contribution >= 4 is 21.6 Å². The molecule has 0 atom stereocenters. The fourth-order valence-corrected chi connectivity index (χ4v) is 2.61. The number of likely N-dealkylation sites (tertiary alicyclic amines) is 1. The molecule has 90 valence electrons. The van der Waals surface area contributed by atoms with Gasteiger partial charge in [-0.25, -0.2) is 13.6 Å². The Balaban J connectivity index is 1.75. The van der Waals surface area contributed by atoms with Crippen LogP contribution in [0.4, 0.5) is 0 Å². The van der Waals surface area contributed by atoms with Gasteiger partial charge in [0.25, 0.3) is 0 Å². The van der Waals surface area contributed by atoms with Crippen molar-refractivity contribution in [2.24, 2.45) is 5.14 Å². The molecular formula is C8H13ClN4O2S. The first kappa shape index (κ1) is 11.8. The highest BCUT2D eigenvalue weighted by Gasteiger charge is 2.34. The number of hydrogen-bond donors (Lipinski definition) is 1. The average molecular weight is 265 g/mol. The fourth-order valence-electron chi connectivity index (χ4n) is 1.62. The van der Waals surface area contributed by atoms with Gasteiger partial charge in [0.15, 0.2) is 0 Å². The molecule has 1 saturated heterocycles. The average Bonchev–Trinajstić information content (AvgIpc) is 2.46. The molecule has 2 rings (SSSR count). The second-order valence-corrected chi connectivity index (χ2v) is 6.17. The molecule has 0 aromatic carbocycles. The second kappa shape index (κ2) is 4.33. The lowest BCUT2D eigenvalue weighted by atomic mass is 10.2. The van der Waals surface area contributed by atoms with Gasteiger partial charge in [-0.3, -0.25) is 9.58 Å². The third kappa shape index (κ3) is 2.73. The Morgan fingerprint density at radius 1 is 1.50 bits per heavy atom. The SMILES string of the molecule is NS(=O)(=O)C1CN(CCn2cc(Cl)cn2)C1. The summed E-state index contributed by atoms with van der Waals surface area (Å²) in [6, 6.07) is 0. The summed E-state index contributed by atoms with van der Waals surface area (Å²) in [7, 11) is -3.36. The number of hydrogen-bond acceptors (Lipinski definition) is 4. The van der Waals surface area contributed by atoms with E-state index in [1.54, 1.807) is 17.1 Å². The summed E-state index contributed by atoms with van der Waals surface area (Å²) in [6.07, 6.45) is 3.31. The summed E-state index contributed by atoms with van der Waals surface area (Å²) in [5.74, 6) is 0. The van der Waals surface area contributed by atoms with E-state index in [9.17, 15) is 8.42 Å². The Morgan fingerprint density at radius 2 is 2.19 bits per heavy atom. The van der Waals surface area contributed by atoms with Gasteiger partial charge in [0.05, 0.1) is 17.8 Å². The molecular weight excluding hydrogens is 252 g/mol. The Hall–Kier alpha value is -0.630. The van der Waals surface area contributed by atoms with Gasteiger partial charge in [-0.05, 0) is 0 Å². The van der Waals surface area contributed by atoms with Gasteiger partial charge in [-0.1, -0.05) is 11.6 Å². The van der Waals surface area contributed by atoms with Crippen LogP contribution in [0.15, 0.2) is 12.4 Å². The third-order valence-corrected chi connectivity index (χ3v) is 4.06. The molecule has 6 nitrogen and oxygen atoms in total. The van der Waals surface area contributed by atoms with Gasteiger partial charge in [0, 0.05) is 25.8 Å². The molecule has 16 heavy (non-hydrogen) atoms. The van der Waals surface area contributed by atoms with Crippen molar-refractivity contribution in [2.45, 2.75) is 11.8 Å². The predicted octanol–water partition coefficient (Wildman–Crippen LogP) is -0.491. The maximum Gasteiger partial charge on any atom is 0.214 e. The normalized spacial score (nSPS) is 18.6.